The Labute approximate surface area is 180 Å². The van der Waals surface area contributed by atoms with Crippen LogP contribution in [-0.2, 0) is 4.74 Å². The molecule has 0 atom stereocenters. The summed E-state index contributed by atoms with van der Waals surface area (Å²) in [5.74, 6) is -0.0435. The number of carbonyl (C=O) groups excluding carboxylic acids is 2. The van der Waals surface area contributed by atoms with Gasteiger partial charge >= 0.3 is 0 Å². The highest BCUT2D eigenvalue weighted by Crippen LogP contribution is 2.24. The molecule has 2 saturated heterocycles. The molecule has 5 heterocycles. The van der Waals surface area contributed by atoms with Crippen LogP contribution in [0.1, 0.15) is 40.1 Å². The average Bonchev–Trinajstić information content (AvgIpc) is 3.29. The van der Waals surface area contributed by atoms with Crippen molar-refractivity contribution in [3.8, 4) is 11.3 Å². The molecular formula is C23H25N5O3. The van der Waals surface area contributed by atoms with Crippen LogP contribution in [0.15, 0.2) is 42.7 Å². The third-order valence-electron chi connectivity index (χ3n) is 5.99. The van der Waals surface area contributed by atoms with E-state index in [9.17, 15) is 9.59 Å². The van der Waals surface area contributed by atoms with Crippen molar-refractivity contribution in [1.29, 1.82) is 0 Å². The normalized spacial score (nSPS) is 17.2. The number of piperidine rings is 1. The first-order valence-corrected chi connectivity index (χ1v) is 10.8. The molecule has 0 spiro atoms. The number of fused-ring (bicyclic) bond motifs is 1. The van der Waals surface area contributed by atoms with Gasteiger partial charge in [0.2, 0.25) is 0 Å². The van der Waals surface area contributed by atoms with Gasteiger partial charge < -0.3 is 14.5 Å². The zero-order valence-corrected chi connectivity index (χ0v) is 17.4. The molecule has 31 heavy (non-hydrogen) atoms. The number of ether oxygens (including phenoxy) is 1. The number of likely N-dealkylation sites (tertiary alicyclic amines) is 1. The van der Waals surface area contributed by atoms with E-state index in [0.29, 0.717) is 37.6 Å². The van der Waals surface area contributed by atoms with Crippen LogP contribution in [0.3, 0.4) is 0 Å². The highest BCUT2D eigenvalue weighted by atomic mass is 16.5. The first-order chi connectivity index (χ1) is 15.2. The number of morpholine rings is 1. The van der Waals surface area contributed by atoms with Crippen LogP contribution in [0.25, 0.3) is 16.8 Å². The molecule has 0 aliphatic carbocycles. The standard InChI is InChI=1S/C23H25N5O3/c29-22(26-9-2-1-3-10-26)18-16-25-28-20(5-4-6-21(18)28)17-7-8-19(24-15-17)23(30)27-11-13-31-14-12-27/h4-8,15-16H,1-3,9-14H2. The van der Waals surface area contributed by atoms with Gasteiger partial charge in [0.1, 0.15) is 5.69 Å². The fourth-order valence-electron chi connectivity index (χ4n) is 4.26. The van der Waals surface area contributed by atoms with Crippen LogP contribution in [0.2, 0.25) is 0 Å². The summed E-state index contributed by atoms with van der Waals surface area (Å²) in [7, 11) is 0. The zero-order chi connectivity index (χ0) is 21.2. The maximum Gasteiger partial charge on any atom is 0.272 e. The highest BCUT2D eigenvalue weighted by molar-refractivity contribution is 6.01. The highest BCUT2D eigenvalue weighted by Gasteiger charge is 2.23. The smallest absolute Gasteiger partial charge is 0.272 e. The fourth-order valence-corrected chi connectivity index (χ4v) is 4.26. The Bertz CT molecular complexity index is 1100. The van der Waals surface area contributed by atoms with Crippen molar-refractivity contribution in [3.63, 3.8) is 0 Å². The monoisotopic (exact) mass is 419 g/mol. The Kier molecular flexibility index (Phi) is 5.38. The molecule has 160 valence electrons. The van der Waals surface area contributed by atoms with Gasteiger partial charge in [-0.3, -0.25) is 14.6 Å². The van der Waals surface area contributed by atoms with Gasteiger partial charge in [-0.25, -0.2) is 4.52 Å². The molecule has 0 bridgehead atoms. The largest absolute Gasteiger partial charge is 0.378 e. The number of pyridine rings is 2. The average molecular weight is 419 g/mol. The van der Waals surface area contributed by atoms with E-state index < -0.39 is 0 Å². The Balaban J connectivity index is 1.42. The van der Waals surface area contributed by atoms with Gasteiger partial charge in [0.15, 0.2) is 0 Å². The molecule has 8 nitrogen and oxygen atoms in total. The summed E-state index contributed by atoms with van der Waals surface area (Å²) in [4.78, 5) is 33.7. The lowest BCUT2D eigenvalue weighted by Crippen LogP contribution is -2.41. The first kappa shape index (κ1) is 19.7. The molecule has 5 rings (SSSR count). The molecule has 2 fully saturated rings. The predicted octanol–water partition coefficient (Wildman–Crippen LogP) is 2.49. The minimum absolute atomic E-state index is 0.0384. The molecule has 8 heteroatoms. The van der Waals surface area contributed by atoms with Crippen LogP contribution in [0.5, 0.6) is 0 Å². The van der Waals surface area contributed by atoms with Crippen molar-refractivity contribution in [2.75, 3.05) is 39.4 Å². The van der Waals surface area contributed by atoms with Crippen molar-refractivity contribution >= 4 is 17.3 Å². The van der Waals surface area contributed by atoms with Crippen LogP contribution < -0.4 is 0 Å². The van der Waals surface area contributed by atoms with Gasteiger partial charge in [-0.1, -0.05) is 6.07 Å². The van der Waals surface area contributed by atoms with E-state index in [1.54, 1.807) is 27.9 Å². The second kappa shape index (κ2) is 8.47. The summed E-state index contributed by atoms with van der Waals surface area (Å²) in [5.41, 5.74) is 3.48. The molecule has 0 radical (unpaired) electrons. The van der Waals surface area contributed by atoms with E-state index in [4.69, 9.17) is 4.74 Å². The third-order valence-corrected chi connectivity index (χ3v) is 5.99. The number of nitrogens with zero attached hydrogens (tertiary/aromatic N) is 5. The maximum atomic E-state index is 13.0. The zero-order valence-electron chi connectivity index (χ0n) is 17.4. The Hall–Kier alpha value is -3.26. The summed E-state index contributed by atoms with van der Waals surface area (Å²) < 4.78 is 7.09. The van der Waals surface area contributed by atoms with Gasteiger partial charge in [-0.2, -0.15) is 5.10 Å². The minimum Gasteiger partial charge on any atom is -0.378 e. The van der Waals surface area contributed by atoms with Gasteiger partial charge in [0.05, 0.1) is 36.2 Å². The molecule has 0 unspecified atom stereocenters. The van der Waals surface area contributed by atoms with E-state index in [0.717, 1.165) is 42.7 Å². The number of carbonyl (C=O) groups is 2. The van der Waals surface area contributed by atoms with Crippen LogP contribution in [-0.4, -0.2) is 75.6 Å². The summed E-state index contributed by atoms with van der Waals surface area (Å²) in [6.07, 6.45) is 6.63. The first-order valence-electron chi connectivity index (χ1n) is 10.8. The molecule has 0 N–H and O–H groups in total. The number of hydrogen-bond acceptors (Lipinski definition) is 5. The molecule has 3 aromatic rings. The van der Waals surface area contributed by atoms with E-state index in [1.165, 1.54) is 6.42 Å². The lowest BCUT2D eigenvalue weighted by atomic mass is 10.1. The second-order valence-electron chi connectivity index (χ2n) is 7.96. The molecule has 2 amide bonds. The second-order valence-corrected chi connectivity index (χ2v) is 7.96. The van der Waals surface area contributed by atoms with E-state index in [-0.39, 0.29) is 11.8 Å². The SMILES string of the molecule is O=C(c1ccc(-c2cccc3c(C(=O)N4CCCCC4)cnn23)cn1)N1CCOCC1. The van der Waals surface area contributed by atoms with Crippen molar-refractivity contribution in [1.82, 2.24) is 24.4 Å². The van der Waals surface area contributed by atoms with Crippen molar-refractivity contribution in [2.24, 2.45) is 0 Å². The summed E-state index contributed by atoms with van der Waals surface area (Å²) in [5, 5.41) is 4.49. The minimum atomic E-state index is -0.0819. The van der Waals surface area contributed by atoms with E-state index in [1.807, 2.05) is 29.2 Å². The number of amides is 2. The molecular weight excluding hydrogens is 394 g/mol. The lowest BCUT2D eigenvalue weighted by Gasteiger charge is -2.26. The van der Waals surface area contributed by atoms with Gasteiger partial charge in [0, 0.05) is 37.9 Å². The Morgan fingerprint density at radius 1 is 0.839 bits per heavy atom. The number of hydrogen-bond donors (Lipinski definition) is 0. The Morgan fingerprint density at radius 2 is 1.61 bits per heavy atom. The van der Waals surface area contributed by atoms with E-state index in [2.05, 4.69) is 10.1 Å². The molecule has 0 aromatic carbocycles. The van der Waals surface area contributed by atoms with E-state index >= 15 is 0 Å². The summed E-state index contributed by atoms with van der Waals surface area (Å²) in [6.45, 7) is 3.90. The van der Waals surface area contributed by atoms with Crippen molar-refractivity contribution in [2.45, 2.75) is 19.3 Å². The maximum absolute atomic E-state index is 13.0. The van der Waals surface area contributed by atoms with Crippen molar-refractivity contribution < 1.29 is 14.3 Å². The predicted molar refractivity (Wildman–Crippen MR) is 115 cm³/mol. The number of rotatable bonds is 3. The summed E-state index contributed by atoms with van der Waals surface area (Å²) >= 11 is 0. The molecule has 0 saturated carbocycles. The Morgan fingerprint density at radius 3 is 2.35 bits per heavy atom. The van der Waals surface area contributed by atoms with Gasteiger partial charge in [-0.05, 0) is 43.5 Å². The quantitative estimate of drug-likeness (QED) is 0.652. The molecule has 2 aliphatic heterocycles. The topological polar surface area (TPSA) is 80.0 Å². The third kappa shape index (κ3) is 3.79. The molecule has 3 aromatic heterocycles. The van der Waals surface area contributed by atoms with Gasteiger partial charge in [-0.15, -0.1) is 0 Å². The fraction of sp³-hybridized carbons (Fsp3) is 0.391. The van der Waals surface area contributed by atoms with Crippen molar-refractivity contribution in [3.05, 3.63) is 54.0 Å². The number of aromatic nitrogens is 3. The summed E-state index contributed by atoms with van der Waals surface area (Å²) in [6, 6.07) is 9.40. The molecule has 2 aliphatic rings. The van der Waals surface area contributed by atoms with Crippen LogP contribution >= 0.6 is 0 Å². The van der Waals surface area contributed by atoms with Crippen LogP contribution in [0.4, 0.5) is 0 Å². The lowest BCUT2D eigenvalue weighted by molar-refractivity contribution is 0.0299. The van der Waals surface area contributed by atoms with Gasteiger partial charge in [0.25, 0.3) is 11.8 Å². The van der Waals surface area contributed by atoms with Crippen LogP contribution in [0, 0.1) is 0 Å².